The molecule has 1 aromatic carbocycles. The number of ether oxygens (including phenoxy) is 1. The van der Waals surface area contributed by atoms with Gasteiger partial charge in [0.05, 0.1) is 23.2 Å². The van der Waals surface area contributed by atoms with Crippen LogP contribution in [0.1, 0.15) is 33.1 Å². The van der Waals surface area contributed by atoms with E-state index in [0.29, 0.717) is 0 Å². The summed E-state index contributed by atoms with van der Waals surface area (Å²) in [7, 11) is 1.68. The molecule has 28 heavy (non-hydrogen) atoms. The van der Waals surface area contributed by atoms with Gasteiger partial charge < -0.3 is 19.9 Å². The van der Waals surface area contributed by atoms with Crippen LogP contribution >= 0.6 is 11.3 Å². The molecule has 1 aromatic heterocycles. The summed E-state index contributed by atoms with van der Waals surface area (Å²) in [4.78, 5) is 22.1. The maximum absolute atomic E-state index is 12.6. The highest BCUT2D eigenvalue weighted by atomic mass is 32.1. The Labute approximate surface area is 171 Å². The summed E-state index contributed by atoms with van der Waals surface area (Å²) in [5.41, 5.74) is 0.990. The summed E-state index contributed by atoms with van der Waals surface area (Å²) < 4.78 is 6.43. The largest absolute Gasteiger partial charge is 0.497 e. The topological polar surface area (TPSA) is 57.7 Å². The van der Waals surface area contributed by atoms with Gasteiger partial charge in [-0.2, -0.15) is 0 Å². The third-order valence-corrected chi connectivity index (χ3v) is 6.57. The number of thiazole rings is 1. The second-order valence-electron chi connectivity index (χ2n) is 7.29. The molecule has 1 atom stereocenters. The number of aromatic nitrogens is 1. The number of hydrogen-bond acceptors (Lipinski definition) is 6. The molecule has 6 nitrogen and oxygen atoms in total. The maximum atomic E-state index is 12.6. The van der Waals surface area contributed by atoms with E-state index in [1.54, 1.807) is 18.4 Å². The fourth-order valence-corrected chi connectivity index (χ4v) is 4.75. The highest BCUT2D eigenvalue weighted by Gasteiger charge is 2.27. The molecule has 1 aliphatic heterocycles. The zero-order valence-corrected chi connectivity index (χ0v) is 18.1. The summed E-state index contributed by atoms with van der Waals surface area (Å²) in [6.07, 6.45) is 2.98. The Hall–Kier alpha value is -1.86. The van der Waals surface area contributed by atoms with Crippen LogP contribution in [-0.4, -0.2) is 62.2 Å². The van der Waals surface area contributed by atoms with Gasteiger partial charge in [-0.15, -0.1) is 0 Å². The fourth-order valence-electron chi connectivity index (χ4n) is 3.72. The highest BCUT2D eigenvalue weighted by molar-refractivity contribution is 7.22. The monoisotopic (exact) mass is 404 g/mol. The summed E-state index contributed by atoms with van der Waals surface area (Å²) in [5, 5.41) is 4.15. The number of hydrogen-bond donors (Lipinski definition) is 1. The molecule has 0 bridgehead atoms. The lowest BCUT2D eigenvalue weighted by atomic mass is 9.97. The first-order valence-corrected chi connectivity index (χ1v) is 11.2. The SMILES string of the molecule is CCN(CC)CCCNC(=O)C1CCCN(c2nc3ccc(OC)cc3s2)C1. The van der Waals surface area contributed by atoms with Crippen LogP contribution in [0.5, 0.6) is 5.75 Å². The molecule has 1 N–H and O–H groups in total. The number of anilines is 1. The van der Waals surface area contributed by atoms with Gasteiger partial charge in [-0.25, -0.2) is 4.98 Å². The molecular formula is C21H32N4O2S. The van der Waals surface area contributed by atoms with Crippen LogP contribution < -0.4 is 15.0 Å². The lowest BCUT2D eigenvalue weighted by molar-refractivity contribution is -0.125. The second kappa shape index (κ2) is 10.1. The number of benzene rings is 1. The molecule has 0 aliphatic carbocycles. The van der Waals surface area contributed by atoms with E-state index >= 15 is 0 Å². The summed E-state index contributed by atoms with van der Waals surface area (Å²) >= 11 is 1.67. The minimum atomic E-state index is 0.0451. The van der Waals surface area contributed by atoms with Crippen molar-refractivity contribution >= 4 is 32.6 Å². The van der Waals surface area contributed by atoms with Crippen LogP contribution in [0.15, 0.2) is 18.2 Å². The molecule has 1 aliphatic rings. The molecule has 3 rings (SSSR count). The van der Waals surface area contributed by atoms with E-state index in [1.165, 1.54) is 0 Å². The summed E-state index contributed by atoms with van der Waals surface area (Å²) in [6, 6.07) is 5.97. The van der Waals surface area contributed by atoms with Crippen molar-refractivity contribution in [2.45, 2.75) is 33.1 Å². The molecule has 1 amide bonds. The van der Waals surface area contributed by atoms with Gasteiger partial charge in [0.2, 0.25) is 5.91 Å². The van der Waals surface area contributed by atoms with Crippen LogP contribution in [0, 0.1) is 5.92 Å². The van der Waals surface area contributed by atoms with Gasteiger partial charge in [0.1, 0.15) is 5.75 Å². The second-order valence-corrected chi connectivity index (χ2v) is 8.30. The van der Waals surface area contributed by atoms with Gasteiger partial charge in [0, 0.05) is 19.6 Å². The van der Waals surface area contributed by atoms with Gasteiger partial charge in [-0.1, -0.05) is 25.2 Å². The molecule has 2 aromatic rings. The number of nitrogens with zero attached hydrogens (tertiary/aromatic N) is 3. The van der Waals surface area contributed by atoms with Crippen LogP contribution in [0.3, 0.4) is 0 Å². The fraction of sp³-hybridized carbons (Fsp3) is 0.619. The number of nitrogens with one attached hydrogen (secondary N) is 1. The van der Waals surface area contributed by atoms with Crippen molar-refractivity contribution in [3.8, 4) is 5.75 Å². The Bertz CT molecular complexity index is 775. The first-order chi connectivity index (χ1) is 13.6. The predicted molar refractivity (Wildman–Crippen MR) is 117 cm³/mol. The number of rotatable bonds is 9. The van der Waals surface area contributed by atoms with Crippen molar-refractivity contribution in [2.75, 3.05) is 51.3 Å². The third-order valence-electron chi connectivity index (χ3n) is 5.49. The Morgan fingerprint density at radius 2 is 2.21 bits per heavy atom. The zero-order valence-electron chi connectivity index (χ0n) is 17.2. The Balaban J connectivity index is 1.54. The Morgan fingerprint density at radius 3 is 2.96 bits per heavy atom. The maximum Gasteiger partial charge on any atom is 0.224 e. The summed E-state index contributed by atoms with van der Waals surface area (Å²) in [5.74, 6) is 1.08. The minimum Gasteiger partial charge on any atom is -0.497 e. The standard InChI is InChI=1S/C21H32N4O2S/c1-4-24(5-2)12-7-11-22-20(26)16-8-6-13-25(15-16)21-23-18-10-9-17(27-3)14-19(18)28-21/h9-10,14,16H,4-8,11-13,15H2,1-3H3,(H,22,26). The number of amides is 1. The lowest BCUT2D eigenvalue weighted by Crippen LogP contribution is -2.43. The molecule has 1 fully saturated rings. The molecule has 0 saturated carbocycles. The molecule has 0 spiro atoms. The molecule has 0 radical (unpaired) electrons. The average molecular weight is 405 g/mol. The van der Waals surface area contributed by atoms with E-state index in [0.717, 1.165) is 79.6 Å². The predicted octanol–water partition coefficient (Wildman–Crippen LogP) is 3.37. The number of carbonyl (C=O) groups is 1. The Kier molecular flexibility index (Phi) is 7.50. The van der Waals surface area contributed by atoms with Gasteiger partial charge in [-0.3, -0.25) is 4.79 Å². The number of carbonyl (C=O) groups excluding carboxylic acids is 1. The molecule has 2 heterocycles. The van der Waals surface area contributed by atoms with Gasteiger partial charge in [-0.05, 0) is 57.1 Å². The minimum absolute atomic E-state index is 0.0451. The van der Waals surface area contributed by atoms with E-state index in [9.17, 15) is 4.79 Å². The summed E-state index contributed by atoms with van der Waals surface area (Å²) in [6.45, 7) is 9.99. The first-order valence-electron chi connectivity index (χ1n) is 10.3. The highest BCUT2D eigenvalue weighted by Crippen LogP contribution is 2.33. The zero-order chi connectivity index (χ0) is 19.9. The van der Waals surface area contributed by atoms with E-state index in [1.807, 2.05) is 18.2 Å². The van der Waals surface area contributed by atoms with Crippen LogP contribution in [0.4, 0.5) is 5.13 Å². The molecule has 1 saturated heterocycles. The van der Waals surface area contributed by atoms with Crippen LogP contribution in [0.25, 0.3) is 10.2 Å². The van der Waals surface area contributed by atoms with Gasteiger partial charge in [0.25, 0.3) is 0 Å². The quantitative estimate of drug-likeness (QED) is 0.650. The van der Waals surface area contributed by atoms with Crippen LogP contribution in [0.2, 0.25) is 0 Å². The first kappa shape index (κ1) is 20.9. The van der Waals surface area contributed by atoms with E-state index in [-0.39, 0.29) is 11.8 Å². The van der Waals surface area contributed by atoms with Gasteiger partial charge in [0.15, 0.2) is 5.13 Å². The molecule has 7 heteroatoms. The number of fused-ring (bicyclic) bond motifs is 1. The number of piperidine rings is 1. The van der Waals surface area contributed by atoms with Crippen molar-refractivity contribution in [2.24, 2.45) is 5.92 Å². The van der Waals surface area contributed by atoms with Crippen molar-refractivity contribution in [1.29, 1.82) is 0 Å². The van der Waals surface area contributed by atoms with Crippen molar-refractivity contribution in [3.05, 3.63) is 18.2 Å². The molecule has 1 unspecified atom stereocenters. The number of methoxy groups -OCH3 is 1. The average Bonchev–Trinajstić information content (AvgIpc) is 3.17. The van der Waals surface area contributed by atoms with Crippen molar-refractivity contribution in [3.63, 3.8) is 0 Å². The van der Waals surface area contributed by atoms with Crippen molar-refractivity contribution < 1.29 is 9.53 Å². The van der Waals surface area contributed by atoms with E-state index in [4.69, 9.17) is 9.72 Å². The Morgan fingerprint density at radius 1 is 1.39 bits per heavy atom. The molecule has 154 valence electrons. The smallest absolute Gasteiger partial charge is 0.224 e. The lowest BCUT2D eigenvalue weighted by Gasteiger charge is -2.31. The third kappa shape index (κ3) is 5.14. The van der Waals surface area contributed by atoms with Crippen LogP contribution in [-0.2, 0) is 4.79 Å². The normalized spacial score (nSPS) is 17.3. The van der Waals surface area contributed by atoms with E-state index in [2.05, 4.69) is 29.0 Å². The van der Waals surface area contributed by atoms with Gasteiger partial charge >= 0.3 is 0 Å². The molecular weight excluding hydrogens is 372 g/mol. The van der Waals surface area contributed by atoms with E-state index < -0.39 is 0 Å². The van der Waals surface area contributed by atoms with Crippen molar-refractivity contribution in [1.82, 2.24) is 15.2 Å².